The van der Waals surface area contributed by atoms with Crippen LogP contribution in [0.5, 0.6) is 11.5 Å². The first-order valence-electron chi connectivity index (χ1n) is 9.92. The average molecular weight is 391 g/mol. The van der Waals surface area contributed by atoms with Crippen molar-refractivity contribution >= 4 is 5.78 Å². The molecule has 2 aromatic carbocycles. The maximum atomic E-state index is 13.2. The van der Waals surface area contributed by atoms with Crippen molar-refractivity contribution in [1.82, 2.24) is 20.6 Å². The molecule has 0 saturated carbocycles. The number of carbonyl (C=O) groups excluding carboxylic acids is 1. The highest BCUT2D eigenvalue weighted by atomic mass is 16.6. The minimum Gasteiger partial charge on any atom is -0.485 e. The first-order valence-corrected chi connectivity index (χ1v) is 9.92. The number of ether oxygens (including phenoxy) is 2. The SMILES string of the molecule is CCCCCc1ccc(C(=O)c2cc(C)cc3c2OC(c2nnn[n-]2)CO3)cc1. The number of aryl methyl sites for hydroxylation is 2. The van der Waals surface area contributed by atoms with E-state index in [9.17, 15) is 4.79 Å². The molecule has 0 bridgehead atoms. The summed E-state index contributed by atoms with van der Waals surface area (Å²) in [5.74, 6) is 1.20. The normalized spacial score (nSPS) is 15.3. The molecule has 0 N–H and O–H groups in total. The smallest absolute Gasteiger partial charge is 0.196 e. The highest BCUT2D eigenvalue weighted by molar-refractivity contribution is 6.11. The first kappa shape index (κ1) is 19.1. The van der Waals surface area contributed by atoms with E-state index in [0.717, 1.165) is 18.4 Å². The van der Waals surface area contributed by atoms with Gasteiger partial charge in [-0.15, -0.1) is 0 Å². The Morgan fingerprint density at radius 1 is 1.21 bits per heavy atom. The lowest BCUT2D eigenvalue weighted by molar-refractivity contribution is 0.0811. The van der Waals surface area contributed by atoms with E-state index in [-0.39, 0.29) is 12.4 Å². The Bertz CT molecular complexity index is 984. The fraction of sp³-hybridized carbons (Fsp3) is 0.364. The summed E-state index contributed by atoms with van der Waals surface area (Å²) in [4.78, 5) is 13.2. The summed E-state index contributed by atoms with van der Waals surface area (Å²) in [6, 6.07) is 11.5. The van der Waals surface area contributed by atoms with Crippen molar-refractivity contribution in [3.05, 3.63) is 64.5 Å². The summed E-state index contributed by atoms with van der Waals surface area (Å²) in [7, 11) is 0. The van der Waals surface area contributed by atoms with Gasteiger partial charge in [-0.3, -0.25) is 15.1 Å². The zero-order valence-corrected chi connectivity index (χ0v) is 16.6. The second kappa shape index (κ2) is 8.43. The van der Waals surface area contributed by atoms with Crippen LogP contribution in [0.1, 0.15) is 65.2 Å². The van der Waals surface area contributed by atoms with Crippen LogP contribution in [0.3, 0.4) is 0 Å². The van der Waals surface area contributed by atoms with Crippen molar-refractivity contribution in [3.8, 4) is 11.5 Å². The highest BCUT2D eigenvalue weighted by Gasteiger charge is 2.28. The van der Waals surface area contributed by atoms with Gasteiger partial charge in [-0.05, 0) is 43.0 Å². The average Bonchev–Trinajstić information content (AvgIpc) is 3.28. The highest BCUT2D eigenvalue weighted by Crippen LogP contribution is 2.40. The molecule has 7 nitrogen and oxygen atoms in total. The van der Waals surface area contributed by atoms with Gasteiger partial charge in [0.1, 0.15) is 6.61 Å². The van der Waals surface area contributed by atoms with Crippen molar-refractivity contribution < 1.29 is 14.3 Å². The zero-order valence-electron chi connectivity index (χ0n) is 16.6. The van der Waals surface area contributed by atoms with E-state index in [1.54, 1.807) is 0 Å². The van der Waals surface area contributed by atoms with Crippen LogP contribution in [0.4, 0.5) is 0 Å². The molecule has 1 aromatic heterocycles. The molecule has 0 spiro atoms. The number of fused-ring (bicyclic) bond motifs is 1. The number of benzene rings is 2. The minimum atomic E-state index is -0.548. The largest absolute Gasteiger partial charge is 0.485 e. The van der Waals surface area contributed by atoms with E-state index in [1.165, 1.54) is 18.4 Å². The van der Waals surface area contributed by atoms with Gasteiger partial charge < -0.3 is 14.6 Å². The lowest BCUT2D eigenvalue weighted by Crippen LogP contribution is -2.24. The molecule has 1 aliphatic heterocycles. The van der Waals surface area contributed by atoms with Gasteiger partial charge in [0, 0.05) is 5.56 Å². The van der Waals surface area contributed by atoms with Crippen LogP contribution in [0.25, 0.3) is 0 Å². The third-order valence-electron chi connectivity index (χ3n) is 5.00. The predicted octanol–water partition coefficient (Wildman–Crippen LogP) is 3.61. The van der Waals surface area contributed by atoms with E-state index < -0.39 is 6.10 Å². The quantitative estimate of drug-likeness (QED) is 0.449. The number of tetrazole rings is 1. The fourth-order valence-corrected chi connectivity index (χ4v) is 3.44. The summed E-state index contributed by atoms with van der Waals surface area (Å²) in [5, 5.41) is 14.7. The maximum Gasteiger partial charge on any atom is 0.196 e. The van der Waals surface area contributed by atoms with Crippen LogP contribution in [-0.2, 0) is 6.42 Å². The van der Waals surface area contributed by atoms with Crippen molar-refractivity contribution in [2.24, 2.45) is 0 Å². The molecule has 0 saturated heterocycles. The van der Waals surface area contributed by atoms with E-state index in [4.69, 9.17) is 9.47 Å². The first-order chi connectivity index (χ1) is 14.2. The van der Waals surface area contributed by atoms with Gasteiger partial charge in [-0.25, -0.2) is 0 Å². The molecule has 1 unspecified atom stereocenters. The Balaban J connectivity index is 1.60. The zero-order chi connectivity index (χ0) is 20.2. The molecule has 3 aromatic rings. The van der Waals surface area contributed by atoms with Gasteiger partial charge in [0.05, 0.1) is 11.4 Å². The summed E-state index contributed by atoms with van der Waals surface area (Å²) in [6.07, 6.45) is 4.05. The maximum absolute atomic E-state index is 13.2. The molecule has 29 heavy (non-hydrogen) atoms. The Labute approximate surface area is 169 Å². The van der Waals surface area contributed by atoms with Gasteiger partial charge >= 0.3 is 0 Å². The topological polar surface area (TPSA) is 88.3 Å². The van der Waals surface area contributed by atoms with Crippen LogP contribution >= 0.6 is 0 Å². The molecule has 0 amide bonds. The molecule has 7 heteroatoms. The third-order valence-corrected chi connectivity index (χ3v) is 5.00. The van der Waals surface area contributed by atoms with Crippen molar-refractivity contribution in [3.63, 3.8) is 0 Å². The fourth-order valence-electron chi connectivity index (χ4n) is 3.44. The number of carbonyl (C=O) groups is 1. The predicted molar refractivity (Wildman–Crippen MR) is 106 cm³/mol. The van der Waals surface area contributed by atoms with Crippen LogP contribution < -0.4 is 14.6 Å². The Hall–Kier alpha value is -3.22. The molecule has 0 fully saturated rings. The number of rotatable bonds is 7. The summed E-state index contributed by atoms with van der Waals surface area (Å²) < 4.78 is 11.9. The second-order valence-corrected chi connectivity index (χ2v) is 7.28. The van der Waals surface area contributed by atoms with E-state index in [1.807, 2.05) is 43.3 Å². The van der Waals surface area contributed by atoms with Crippen LogP contribution in [0, 0.1) is 6.92 Å². The van der Waals surface area contributed by atoms with Crippen molar-refractivity contribution in [2.75, 3.05) is 6.61 Å². The second-order valence-electron chi connectivity index (χ2n) is 7.28. The summed E-state index contributed by atoms with van der Waals surface area (Å²) in [6.45, 7) is 4.36. The number of hydrogen-bond acceptors (Lipinski definition) is 6. The number of ketones is 1. The molecular weight excluding hydrogens is 368 g/mol. The molecule has 0 aliphatic carbocycles. The Morgan fingerprint density at radius 3 is 2.76 bits per heavy atom. The van der Waals surface area contributed by atoms with Gasteiger partial charge in [0.15, 0.2) is 23.4 Å². The van der Waals surface area contributed by atoms with Gasteiger partial charge in [0.25, 0.3) is 0 Å². The van der Waals surface area contributed by atoms with Crippen LogP contribution in [0.15, 0.2) is 36.4 Å². The standard InChI is InChI=1S/C22H23N4O3/c1-3-4-5-6-15-7-9-16(10-8-15)20(27)17-11-14(2)12-18-21(17)29-19(13-28-18)22-23-25-26-24-22/h7-12,19H,3-6,13H2,1-2H3/q-1. The van der Waals surface area contributed by atoms with Crippen LogP contribution in [-0.4, -0.2) is 27.9 Å². The molecule has 150 valence electrons. The van der Waals surface area contributed by atoms with Gasteiger partial charge in [-0.1, -0.05) is 44.0 Å². The summed E-state index contributed by atoms with van der Waals surface area (Å²) in [5.41, 5.74) is 3.26. The molecule has 2 heterocycles. The number of aromatic nitrogens is 4. The Morgan fingerprint density at radius 2 is 2.03 bits per heavy atom. The summed E-state index contributed by atoms with van der Waals surface area (Å²) >= 11 is 0. The van der Waals surface area contributed by atoms with E-state index >= 15 is 0 Å². The number of nitrogens with zero attached hydrogens (tertiary/aromatic N) is 4. The third kappa shape index (κ3) is 4.13. The lowest BCUT2D eigenvalue weighted by Gasteiger charge is -2.28. The Kier molecular flexibility index (Phi) is 5.55. The lowest BCUT2D eigenvalue weighted by atomic mass is 9.97. The molecular formula is C22H23N4O3-. The number of hydrogen-bond donors (Lipinski definition) is 0. The van der Waals surface area contributed by atoms with Crippen molar-refractivity contribution in [2.45, 2.75) is 45.6 Å². The molecule has 4 rings (SSSR count). The number of unbranched alkanes of at least 4 members (excludes halogenated alkanes) is 2. The van der Waals surface area contributed by atoms with Gasteiger partial charge in [-0.2, -0.15) is 5.21 Å². The van der Waals surface area contributed by atoms with Crippen molar-refractivity contribution in [1.29, 1.82) is 0 Å². The molecule has 1 aliphatic rings. The van der Waals surface area contributed by atoms with Gasteiger partial charge in [0.2, 0.25) is 0 Å². The monoisotopic (exact) mass is 391 g/mol. The molecule has 0 radical (unpaired) electrons. The van der Waals surface area contributed by atoms with Crippen LogP contribution in [0.2, 0.25) is 0 Å². The molecule has 1 atom stereocenters. The minimum absolute atomic E-state index is 0.103. The van der Waals surface area contributed by atoms with E-state index in [0.29, 0.717) is 28.5 Å². The van der Waals surface area contributed by atoms with E-state index in [2.05, 4.69) is 27.5 Å².